The molecule has 0 spiro atoms. The highest BCUT2D eigenvalue weighted by Gasteiger charge is 2.29. The molecule has 1 fully saturated rings. The van der Waals surface area contributed by atoms with E-state index in [1.165, 1.54) is 0 Å². The van der Waals surface area contributed by atoms with Crippen molar-refractivity contribution in [3.63, 3.8) is 0 Å². The van der Waals surface area contributed by atoms with Crippen LogP contribution in [0.2, 0.25) is 0 Å². The number of nitrogens with two attached hydrogens (primary N) is 1. The predicted octanol–water partition coefficient (Wildman–Crippen LogP) is -0.0550. The summed E-state index contributed by atoms with van der Waals surface area (Å²) >= 11 is 0. The van der Waals surface area contributed by atoms with Crippen LogP contribution >= 0.6 is 0 Å². The average Bonchev–Trinajstić information content (AvgIpc) is 2.86. The van der Waals surface area contributed by atoms with Gasteiger partial charge in [-0.3, -0.25) is 4.90 Å². The SMILES string of the molecule is COCCN(CCOC)C(CN)C1CCOC1. The molecule has 1 aliphatic heterocycles. The first-order valence-corrected chi connectivity index (χ1v) is 6.33. The maximum atomic E-state index is 5.92. The van der Waals surface area contributed by atoms with Crippen LogP contribution in [0.5, 0.6) is 0 Å². The summed E-state index contributed by atoms with van der Waals surface area (Å²) in [5.41, 5.74) is 5.92. The van der Waals surface area contributed by atoms with Gasteiger partial charge in [0.15, 0.2) is 0 Å². The van der Waals surface area contributed by atoms with Crippen molar-refractivity contribution in [1.29, 1.82) is 0 Å². The van der Waals surface area contributed by atoms with Crippen molar-refractivity contribution in [3.05, 3.63) is 0 Å². The van der Waals surface area contributed by atoms with Gasteiger partial charge >= 0.3 is 0 Å². The molecule has 1 heterocycles. The highest BCUT2D eigenvalue weighted by molar-refractivity contribution is 4.82. The molecule has 2 unspecified atom stereocenters. The minimum absolute atomic E-state index is 0.378. The number of methoxy groups -OCH3 is 2. The van der Waals surface area contributed by atoms with E-state index in [2.05, 4.69) is 4.90 Å². The summed E-state index contributed by atoms with van der Waals surface area (Å²) in [6, 6.07) is 0.378. The molecule has 0 bridgehead atoms. The molecule has 0 aromatic heterocycles. The van der Waals surface area contributed by atoms with E-state index in [-0.39, 0.29) is 0 Å². The fourth-order valence-corrected chi connectivity index (χ4v) is 2.36. The molecule has 0 aliphatic carbocycles. The third kappa shape index (κ3) is 4.89. The van der Waals surface area contributed by atoms with Crippen molar-refractivity contribution in [3.8, 4) is 0 Å². The van der Waals surface area contributed by atoms with Crippen molar-refractivity contribution < 1.29 is 14.2 Å². The highest BCUT2D eigenvalue weighted by atomic mass is 16.5. The van der Waals surface area contributed by atoms with Gasteiger partial charge in [-0.15, -0.1) is 0 Å². The second-order valence-corrected chi connectivity index (χ2v) is 4.45. The first-order chi connectivity index (χ1) is 8.33. The van der Waals surface area contributed by atoms with E-state index in [4.69, 9.17) is 19.9 Å². The molecule has 1 aliphatic rings. The zero-order chi connectivity index (χ0) is 12.5. The third-order valence-electron chi connectivity index (χ3n) is 3.38. The molecule has 2 N–H and O–H groups in total. The van der Waals surface area contributed by atoms with E-state index in [0.29, 0.717) is 18.5 Å². The summed E-state index contributed by atoms with van der Waals surface area (Å²) in [6.45, 7) is 5.63. The Kier molecular flexibility index (Phi) is 7.72. The van der Waals surface area contributed by atoms with Crippen molar-refractivity contribution in [2.45, 2.75) is 12.5 Å². The van der Waals surface area contributed by atoms with E-state index in [9.17, 15) is 0 Å². The monoisotopic (exact) mass is 246 g/mol. The summed E-state index contributed by atoms with van der Waals surface area (Å²) < 4.78 is 15.8. The first kappa shape index (κ1) is 14.9. The van der Waals surface area contributed by atoms with E-state index in [1.54, 1.807) is 14.2 Å². The average molecular weight is 246 g/mol. The van der Waals surface area contributed by atoms with Crippen LogP contribution < -0.4 is 5.73 Å². The molecule has 1 saturated heterocycles. The van der Waals surface area contributed by atoms with Crippen LogP contribution in [0.1, 0.15) is 6.42 Å². The van der Waals surface area contributed by atoms with Crippen LogP contribution in [0, 0.1) is 5.92 Å². The fourth-order valence-electron chi connectivity index (χ4n) is 2.36. The Bertz CT molecular complexity index is 179. The lowest BCUT2D eigenvalue weighted by Gasteiger charge is -2.34. The van der Waals surface area contributed by atoms with Gasteiger partial charge in [-0.25, -0.2) is 0 Å². The molecular weight excluding hydrogens is 220 g/mol. The predicted molar refractivity (Wildman–Crippen MR) is 67.1 cm³/mol. The van der Waals surface area contributed by atoms with Gasteiger partial charge in [0.05, 0.1) is 19.8 Å². The van der Waals surface area contributed by atoms with Crippen LogP contribution in [0.25, 0.3) is 0 Å². The Labute approximate surface area is 104 Å². The minimum atomic E-state index is 0.378. The molecule has 2 atom stereocenters. The van der Waals surface area contributed by atoms with Crippen LogP contribution in [-0.2, 0) is 14.2 Å². The maximum Gasteiger partial charge on any atom is 0.0589 e. The van der Waals surface area contributed by atoms with Gasteiger partial charge in [0.1, 0.15) is 0 Å². The third-order valence-corrected chi connectivity index (χ3v) is 3.38. The molecule has 102 valence electrons. The number of hydrogen-bond acceptors (Lipinski definition) is 5. The van der Waals surface area contributed by atoms with Gasteiger partial charge in [0, 0.05) is 52.4 Å². The Hall–Kier alpha value is -0.200. The van der Waals surface area contributed by atoms with Gasteiger partial charge in [-0.05, 0) is 6.42 Å². The molecule has 5 heteroatoms. The topological polar surface area (TPSA) is 57.0 Å². The van der Waals surface area contributed by atoms with Gasteiger partial charge in [-0.1, -0.05) is 0 Å². The first-order valence-electron chi connectivity index (χ1n) is 6.33. The second-order valence-electron chi connectivity index (χ2n) is 4.45. The van der Waals surface area contributed by atoms with Crippen LogP contribution in [0.15, 0.2) is 0 Å². The molecule has 0 radical (unpaired) electrons. The van der Waals surface area contributed by atoms with Crippen molar-refractivity contribution in [2.24, 2.45) is 11.7 Å². The zero-order valence-electron chi connectivity index (χ0n) is 11.1. The van der Waals surface area contributed by atoms with E-state index in [1.807, 2.05) is 0 Å². The Morgan fingerprint density at radius 1 is 1.29 bits per heavy atom. The standard InChI is InChI=1S/C12H26N2O3/c1-15-7-4-14(5-8-16-2)12(9-13)11-3-6-17-10-11/h11-12H,3-10,13H2,1-2H3. The Morgan fingerprint density at radius 3 is 2.35 bits per heavy atom. The molecule has 0 aromatic carbocycles. The lowest BCUT2D eigenvalue weighted by molar-refractivity contribution is 0.0640. The van der Waals surface area contributed by atoms with E-state index < -0.39 is 0 Å². The summed E-state index contributed by atoms with van der Waals surface area (Å²) in [6.07, 6.45) is 1.11. The van der Waals surface area contributed by atoms with Gasteiger partial charge in [-0.2, -0.15) is 0 Å². The van der Waals surface area contributed by atoms with Crippen molar-refractivity contribution in [1.82, 2.24) is 4.90 Å². The number of nitrogens with zero attached hydrogens (tertiary/aromatic N) is 1. The van der Waals surface area contributed by atoms with Gasteiger partial charge in [0.25, 0.3) is 0 Å². The second kappa shape index (κ2) is 8.83. The quantitative estimate of drug-likeness (QED) is 0.618. The summed E-state index contributed by atoms with van der Waals surface area (Å²) in [5.74, 6) is 0.550. The van der Waals surface area contributed by atoms with Crippen LogP contribution in [0.3, 0.4) is 0 Å². The lowest BCUT2D eigenvalue weighted by atomic mass is 9.97. The Morgan fingerprint density at radius 2 is 1.94 bits per heavy atom. The van der Waals surface area contributed by atoms with Gasteiger partial charge in [0.2, 0.25) is 0 Å². The molecule has 0 aromatic rings. The molecule has 17 heavy (non-hydrogen) atoms. The molecule has 1 rings (SSSR count). The smallest absolute Gasteiger partial charge is 0.0589 e. The van der Waals surface area contributed by atoms with E-state index >= 15 is 0 Å². The van der Waals surface area contributed by atoms with Crippen LogP contribution in [-0.4, -0.2) is 71.2 Å². The number of rotatable bonds is 9. The molecule has 5 nitrogen and oxygen atoms in total. The van der Waals surface area contributed by atoms with Crippen molar-refractivity contribution >= 4 is 0 Å². The molecule has 0 saturated carbocycles. The Balaban J connectivity index is 2.49. The normalized spacial score (nSPS) is 22.2. The highest BCUT2D eigenvalue weighted by Crippen LogP contribution is 2.20. The molecular formula is C12H26N2O3. The number of ether oxygens (including phenoxy) is 3. The summed E-state index contributed by atoms with van der Waals surface area (Å²) in [7, 11) is 3.45. The maximum absolute atomic E-state index is 5.92. The van der Waals surface area contributed by atoms with Crippen molar-refractivity contribution in [2.75, 3.05) is 60.3 Å². The summed E-state index contributed by atoms with van der Waals surface area (Å²) in [5, 5.41) is 0. The van der Waals surface area contributed by atoms with Gasteiger partial charge < -0.3 is 19.9 Å². The molecule has 0 amide bonds. The largest absolute Gasteiger partial charge is 0.383 e. The zero-order valence-corrected chi connectivity index (χ0v) is 11.1. The van der Waals surface area contributed by atoms with E-state index in [0.717, 1.165) is 45.9 Å². The van der Waals surface area contributed by atoms with Crippen LogP contribution in [0.4, 0.5) is 0 Å². The summed E-state index contributed by atoms with van der Waals surface area (Å²) in [4.78, 5) is 2.37. The minimum Gasteiger partial charge on any atom is -0.383 e. The lowest BCUT2D eigenvalue weighted by Crippen LogP contribution is -2.48. The fraction of sp³-hybridized carbons (Fsp3) is 1.00. The number of hydrogen-bond donors (Lipinski definition) is 1.